The van der Waals surface area contributed by atoms with Gasteiger partial charge in [0.25, 0.3) is 0 Å². The Bertz CT molecular complexity index is 1050. The summed E-state index contributed by atoms with van der Waals surface area (Å²) in [7, 11) is 0. The topological polar surface area (TPSA) is 83.3 Å². The van der Waals surface area contributed by atoms with E-state index in [-0.39, 0.29) is 5.78 Å². The van der Waals surface area contributed by atoms with E-state index in [1.807, 2.05) is 24.4 Å². The molecule has 8 nitrogen and oxygen atoms in total. The summed E-state index contributed by atoms with van der Waals surface area (Å²) < 4.78 is 7.48. The fourth-order valence-corrected chi connectivity index (χ4v) is 4.09. The number of piperidine rings is 1. The number of ketones is 1. The summed E-state index contributed by atoms with van der Waals surface area (Å²) in [5.41, 5.74) is 2.62. The first-order valence-electron chi connectivity index (χ1n) is 10.6. The van der Waals surface area contributed by atoms with Crippen LogP contribution in [-0.4, -0.2) is 65.3 Å². The number of nitrogens with one attached hydrogen (secondary N) is 2. The molecule has 156 valence electrons. The summed E-state index contributed by atoms with van der Waals surface area (Å²) in [6, 6.07) is 5.84. The normalized spacial score (nSPS) is 20.9. The maximum atomic E-state index is 12.6. The van der Waals surface area contributed by atoms with Crippen molar-refractivity contribution in [2.75, 3.05) is 44.6 Å². The van der Waals surface area contributed by atoms with Gasteiger partial charge in [0.1, 0.15) is 23.8 Å². The van der Waals surface area contributed by atoms with Crippen LogP contribution in [0.1, 0.15) is 19.3 Å². The lowest BCUT2D eigenvalue weighted by Gasteiger charge is -2.26. The van der Waals surface area contributed by atoms with Gasteiger partial charge in [0.2, 0.25) is 5.78 Å². The highest BCUT2D eigenvalue weighted by molar-refractivity contribution is 6.49. The van der Waals surface area contributed by atoms with Crippen LogP contribution in [0.4, 0.5) is 11.5 Å². The number of hydrogen-bond donors (Lipinski definition) is 2. The third-order valence-electron chi connectivity index (χ3n) is 5.65. The highest BCUT2D eigenvalue weighted by atomic mass is 16.5. The maximum absolute atomic E-state index is 12.6. The second-order valence-corrected chi connectivity index (χ2v) is 7.76. The monoisotopic (exact) mass is 406 g/mol. The fourth-order valence-electron chi connectivity index (χ4n) is 4.09. The van der Waals surface area contributed by atoms with Crippen LogP contribution in [0.15, 0.2) is 53.0 Å². The van der Waals surface area contributed by atoms with Gasteiger partial charge >= 0.3 is 0 Å². The van der Waals surface area contributed by atoms with Crippen LogP contribution >= 0.6 is 0 Å². The molecule has 0 spiro atoms. The molecule has 30 heavy (non-hydrogen) atoms. The van der Waals surface area contributed by atoms with Gasteiger partial charge in [0, 0.05) is 38.0 Å². The van der Waals surface area contributed by atoms with E-state index in [0.717, 1.165) is 37.4 Å². The number of anilines is 1. The van der Waals surface area contributed by atoms with Gasteiger partial charge in [-0.05, 0) is 38.1 Å². The van der Waals surface area contributed by atoms with Crippen molar-refractivity contribution < 1.29 is 9.53 Å². The minimum atomic E-state index is -0.138. The number of nitrogens with zero attached hydrogens (tertiary/aromatic N) is 4. The molecule has 0 saturated carbocycles. The molecular formula is C22H26N6O2. The average Bonchev–Trinajstić information content (AvgIpc) is 3.12. The third kappa shape index (κ3) is 3.82. The van der Waals surface area contributed by atoms with Crippen molar-refractivity contribution in [3.05, 3.63) is 48.0 Å². The number of allylic oxidation sites excluding steroid dienone is 2. The highest BCUT2D eigenvalue weighted by Crippen LogP contribution is 2.31. The Morgan fingerprint density at radius 2 is 2.10 bits per heavy atom. The molecule has 2 aromatic rings. The van der Waals surface area contributed by atoms with Crippen LogP contribution in [0.2, 0.25) is 0 Å². The van der Waals surface area contributed by atoms with Gasteiger partial charge in [0.05, 0.1) is 11.2 Å². The first kappa shape index (κ1) is 18.9. The van der Waals surface area contributed by atoms with E-state index < -0.39 is 0 Å². The molecule has 0 unspecified atom stereocenters. The number of pyridine rings is 1. The number of aromatic nitrogens is 2. The second kappa shape index (κ2) is 8.31. The van der Waals surface area contributed by atoms with Crippen molar-refractivity contribution in [3.63, 3.8) is 0 Å². The van der Waals surface area contributed by atoms with Gasteiger partial charge in [0.15, 0.2) is 5.82 Å². The molecule has 0 radical (unpaired) electrons. The fraction of sp³-hybridized carbons (Fsp3) is 0.409. The minimum Gasteiger partial charge on any atom is -0.490 e. The number of carbonyl (C=O) groups is 1. The number of likely N-dealkylation sites (tertiary alicyclic amines) is 1. The maximum Gasteiger partial charge on any atom is 0.206 e. The van der Waals surface area contributed by atoms with Crippen molar-refractivity contribution >= 4 is 28.5 Å². The zero-order chi connectivity index (χ0) is 20.3. The van der Waals surface area contributed by atoms with Gasteiger partial charge in [-0.3, -0.25) is 4.79 Å². The van der Waals surface area contributed by atoms with Crippen molar-refractivity contribution in [2.45, 2.75) is 19.3 Å². The average molecular weight is 406 g/mol. The zero-order valence-electron chi connectivity index (χ0n) is 16.9. The molecule has 0 aromatic carbocycles. The molecule has 2 N–H and O–H groups in total. The van der Waals surface area contributed by atoms with E-state index >= 15 is 0 Å². The third-order valence-corrected chi connectivity index (χ3v) is 5.65. The molecule has 2 fully saturated rings. The van der Waals surface area contributed by atoms with Gasteiger partial charge in [-0.15, -0.1) is 5.10 Å². The predicted molar refractivity (Wildman–Crippen MR) is 116 cm³/mol. The van der Waals surface area contributed by atoms with Crippen LogP contribution in [0.5, 0.6) is 0 Å². The Morgan fingerprint density at radius 3 is 3.00 bits per heavy atom. The van der Waals surface area contributed by atoms with Crippen LogP contribution in [0, 0.1) is 0 Å². The molecule has 0 amide bonds. The van der Waals surface area contributed by atoms with Crippen LogP contribution in [0.3, 0.4) is 0 Å². The number of carbonyl (C=O) groups excluding carboxylic acids is 1. The van der Waals surface area contributed by atoms with E-state index in [1.54, 1.807) is 16.7 Å². The number of ether oxygens (including phenoxy) is 1. The summed E-state index contributed by atoms with van der Waals surface area (Å²) in [6.07, 6.45) is 9.04. The molecule has 0 bridgehead atoms. The Labute approximate surface area is 175 Å². The van der Waals surface area contributed by atoms with Crippen molar-refractivity contribution in [1.82, 2.24) is 19.8 Å². The lowest BCUT2D eigenvalue weighted by atomic mass is 10.1. The molecule has 5 rings (SSSR count). The number of morpholine rings is 1. The number of rotatable bonds is 5. The van der Waals surface area contributed by atoms with Crippen LogP contribution in [0.25, 0.3) is 5.52 Å². The van der Waals surface area contributed by atoms with Crippen molar-refractivity contribution in [3.8, 4) is 0 Å². The zero-order valence-corrected chi connectivity index (χ0v) is 16.9. The van der Waals surface area contributed by atoms with Gasteiger partial charge in [-0.2, -0.15) is 0 Å². The Morgan fingerprint density at radius 1 is 1.20 bits per heavy atom. The summed E-state index contributed by atoms with van der Waals surface area (Å²) in [5.74, 6) is 1.21. The van der Waals surface area contributed by atoms with E-state index in [0.29, 0.717) is 36.1 Å². The number of fused-ring (bicyclic) bond motifs is 2. The lowest BCUT2D eigenvalue weighted by molar-refractivity contribution is -0.109. The van der Waals surface area contributed by atoms with E-state index in [2.05, 4.69) is 20.6 Å². The minimum absolute atomic E-state index is 0.138. The summed E-state index contributed by atoms with van der Waals surface area (Å²) in [6.45, 7) is 5.35. The smallest absolute Gasteiger partial charge is 0.206 e. The SMILES string of the molecule is O=C1C=C2NCCOC2=CC1=Nc1c(NCCN2CCCCC2)nn2ccccc12. The second-order valence-electron chi connectivity index (χ2n) is 7.76. The highest BCUT2D eigenvalue weighted by Gasteiger charge is 2.23. The predicted octanol–water partition coefficient (Wildman–Crippen LogP) is 2.27. The molecule has 2 aromatic heterocycles. The van der Waals surface area contributed by atoms with E-state index in [1.165, 1.54) is 19.3 Å². The standard InChI is InChI=1S/C22H26N6O2/c29-19-14-17-20(30-13-8-23-17)15-16(19)25-21-18-6-2-5-11-28(18)26-22(21)24-7-12-27-9-3-1-4-10-27/h2,5-6,11,14-15,23H,1,3-4,7-10,12-13H2,(H,24,26). The summed E-state index contributed by atoms with van der Waals surface area (Å²) >= 11 is 0. The molecule has 2 aliphatic heterocycles. The Balaban J connectivity index is 1.42. The van der Waals surface area contributed by atoms with Gasteiger partial charge in [-0.1, -0.05) is 12.5 Å². The first-order chi connectivity index (χ1) is 14.8. The van der Waals surface area contributed by atoms with Gasteiger partial charge in [-0.25, -0.2) is 9.51 Å². The summed E-state index contributed by atoms with van der Waals surface area (Å²) in [4.78, 5) is 19.8. The molecule has 8 heteroatoms. The number of aliphatic imine (C=N–C) groups is 1. The molecule has 0 atom stereocenters. The molecule has 2 saturated heterocycles. The van der Waals surface area contributed by atoms with E-state index in [9.17, 15) is 4.79 Å². The summed E-state index contributed by atoms with van der Waals surface area (Å²) in [5, 5.41) is 11.3. The van der Waals surface area contributed by atoms with Crippen LogP contribution in [-0.2, 0) is 9.53 Å². The Hall–Kier alpha value is -3.13. The lowest BCUT2D eigenvalue weighted by Crippen LogP contribution is -2.33. The van der Waals surface area contributed by atoms with Gasteiger partial charge < -0.3 is 20.3 Å². The quantitative estimate of drug-likeness (QED) is 0.742. The molecular weight excluding hydrogens is 380 g/mol. The van der Waals surface area contributed by atoms with Crippen molar-refractivity contribution in [2.24, 2.45) is 4.99 Å². The Kier molecular flexibility index (Phi) is 5.23. The van der Waals surface area contributed by atoms with E-state index in [4.69, 9.17) is 9.73 Å². The molecule has 1 aliphatic carbocycles. The largest absolute Gasteiger partial charge is 0.490 e. The van der Waals surface area contributed by atoms with Crippen molar-refractivity contribution in [1.29, 1.82) is 0 Å². The molecule has 4 heterocycles. The van der Waals surface area contributed by atoms with Crippen LogP contribution < -0.4 is 10.6 Å². The first-order valence-corrected chi connectivity index (χ1v) is 10.6. The number of hydrogen-bond acceptors (Lipinski definition) is 7. The molecule has 3 aliphatic rings.